The second-order valence-electron chi connectivity index (χ2n) is 9.47. The van der Waals surface area contributed by atoms with Crippen LogP contribution in [0.15, 0.2) is 58.7 Å². The quantitative estimate of drug-likeness (QED) is 0.324. The fourth-order valence-electron chi connectivity index (χ4n) is 5.37. The summed E-state index contributed by atoms with van der Waals surface area (Å²) >= 11 is 0. The number of ether oxygens (including phenoxy) is 4. The summed E-state index contributed by atoms with van der Waals surface area (Å²) in [5, 5.41) is 0. The second-order valence-corrected chi connectivity index (χ2v) is 9.47. The van der Waals surface area contributed by atoms with E-state index in [9.17, 15) is 9.59 Å². The zero-order valence-corrected chi connectivity index (χ0v) is 22.2. The van der Waals surface area contributed by atoms with Gasteiger partial charge in [-0.25, -0.2) is 0 Å². The van der Waals surface area contributed by atoms with Crippen LogP contribution in [0, 0.1) is 5.92 Å². The van der Waals surface area contributed by atoms with Crippen LogP contribution in [-0.2, 0) is 14.3 Å². The predicted octanol–water partition coefficient (Wildman–Crippen LogP) is 5.63. The molecule has 2 aromatic rings. The van der Waals surface area contributed by atoms with E-state index < -0.39 is 11.8 Å². The van der Waals surface area contributed by atoms with Crippen LogP contribution >= 0.6 is 0 Å². The fraction of sp³-hybridized carbons (Fsp3) is 0.433. The van der Waals surface area contributed by atoms with Crippen LogP contribution in [-0.4, -0.2) is 45.4 Å². The van der Waals surface area contributed by atoms with E-state index in [1.807, 2.05) is 56.3 Å². The third-order valence-electron chi connectivity index (χ3n) is 7.24. The molecule has 3 atom stereocenters. The summed E-state index contributed by atoms with van der Waals surface area (Å²) in [6.45, 7) is 4.24. The molecular formula is C30H35NO6. The number of Topliss-reactive ketones (excluding diaryl/α,β-unsaturated/α-hetero) is 1. The minimum Gasteiger partial charge on any atom is -0.496 e. The molecule has 1 heterocycles. The maximum Gasteiger partial charge on any atom is 0.315 e. The molecule has 0 radical (unpaired) electrons. The van der Waals surface area contributed by atoms with Crippen LogP contribution in [0.25, 0.3) is 0 Å². The Labute approximate surface area is 218 Å². The van der Waals surface area contributed by atoms with Gasteiger partial charge in [0.25, 0.3) is 0 Å². The molecule has 0 aromatic heterocycles. The number of carbonyl (C=O) groups excluding carboxylic acids is 2. The molecule has 1 unspecified atom stereocenters. The Morgan fingerprint density at radius 1 is 0.973 bits per heavy atom. The van der Waals surface area contributed by atoms with Gasteiger partial charge >= 0.3 is 5.97 Å². The Kier molecular flexibility index (Phi) is 8.31. The van der Waals surface area contributed by atoms with E-state index in [0.717, 1.165) is 29.7 Å². The number of esters is 1. The molecule has 0 bridgehead atoms. The molecule has 0 spiro atoms. The van der Waals surface area contributed by atoms with E-state index in [2.05, 4.69) is 0 Å². The van der Waals surface area contributed by atoms with Crippen molar-refractivity contribution in [3.8, 4) is 17.2 Å². The van der Waals surface area contributed by atoms with E-state index in [1.165, 1.54) is 0 Å². The smallest absolute Gasteiger partial charge is 0.315 e. The number of hydrogen-bond donors (Lipinski definition) is 0. The highest BCUT2D eigenvalue weighted by Gasteiger charge is 2.45. The first-order valence-electron chi connectivity index (χ1n) is 12.8. The molecule has 7 heteroatoms. The standard InChI is InChI=1S/C30H35NO6/c1-6-7-14-37-30(33)27-18(2)31-22-15-20(19-12-13-25(35-4)26(17-19)36-5)16-23(32)29(22)28(27)21-10-8-9-11-24(21)34-3/h8-13,17,20,27-28H,6-7,14-16H2,1-5H3/t20-,27?,28-/m0/s1. The largest absolute Gasteiger partial charge is 0.496 e. The Morgan fingerprint density at radius 2 is 1.70 bits per heavy atom. The lowest BCUT2D eigenvalue weighted by atomic mass is 9.69. The summed E-state index contributed by atoms with van der Waals surface area (Å²) in [6.07, 6.45) is 2.60. The number of rotatable bonds is 9. The van der Waals surface area contributed by atoms with Crippen molar-refractivity contribution in [3.05, 3.63) is 64.9 Å². The van der Waals surface area contributed by atoms with E-state index in [-0.39, 0.29) is 17.7 Å². The van der Waals surface area contributed by atoms with Crippen molar-refractivity contribution < 1.29 is 28.5 Å². The zero-order chi connectivity index (χ0) is 26.5. The molecule has 1 aliphatic heterocycles. The van der Waals surface area contributed by atoms with Crippen molar-refractivity contribution in [1.29, 1.82) is 0 Å². The van der Waals surface area contributed by atoms with Gasteiger partial charge in [0, 0.05) is 34.9 Å². The number of nitrogens with zero attached hydrogens (tertiary/aromatic N) is 1. The van der Waals surface area contributed by atoms with Crippen molar-refractivity contribution in [1.82, 2.24) is 0 Å². The normalized spacial score (nSPS) is 21.2. The maximum absolute atomic E-state index is 13.8. The van der Waals surface area contributed by atoms with Crippen LogP contribution in [0.5, 0.6) is 17.2 Å². The lowest BCUT2D eigenvalue weighted by Gasteiger charge is -2.37. The van der Waals surface area contributed by atoms with Gasteiger partial charge in [-0.15, -0.1) is 0 Å². The van der Waals surface area contributed by atoms with Crippen LogP contribution in [0.4, 0.5) is 0 Å². The molecule has 0 N–H and O–H groups in total. The van der Waals surface area contributed by atoms with E-state index in [4.69, 9.17) is 23.9 Å². The van der Waals surface area contributed by atoms with Gasteiger partial charge in [0.2, 0.25) is 0 Å². The highest BCUT2D eigenvalue weighted by molar-refractivity contribution is 6.09. The molecule has 0 fully saturated rings. The molecule has 0 saturated carbocycles. The van der Waals surface area contributed by atoms with Crippen molar-refractivity contribution in [3.63, 3.8) is 0 Å². The zero-order valence-electron chi connectivity index (χ0n) is 22.2. The molecule has 196 valence electrons. The lowest BCUT2D eigenvalue weighted by molar-refractivity contribution is -0.146. The third kappa shape index (κ3) is 5.26. The van der Waals surface area contributed by atoms with Gasteiger partial charge in [-0.1, -0.05) is 37.6 Å². The molecule has 2 aromatic carbocycles. The maximum atomic E-state index is 13.8. The number of allylic oxidation sites excluding steroid dienone is 2. The number of aliphatic imine (C=N–C) groups is 1. The summed E-state index contributed by atoms with van der Waals surface area (Å²) in [5.74, 6) is 0.263. The molecule has 4 rings (SSSR count). The number of carbonyl (C=O) groups is 2. The Balaban J connectivity index is 1.77. The van der Waals surface area contributed by atoms with Gasteiger partial charge < -0.3 is 18.9 Å². The number of unbranched alkanes of at least 4 members (excludes halogenated alkanes) is 1. The van der Waals surface area contributed by atoms with Crippen molar-refractivity contribution in [2.75, 3.05) is 27.9 Å². The van der Waals surface area contributed by atoms with Gasteiger partial charge in [-0.2, -0.15) is 0 Å². The molecule has 0 amide bonds. The first kappa shape index (κ1) is 26.5. The van der Waals surface area contributed by atoms with Gasteiger partial charge in [0.15, 0.2) is 17.3 Å². The molecule has 1 aliphatic carbocycles. The number of para-hydroxylation sites is 1. The lowest BCUT2D eigenvalue weighted by Crippen LogP contribution is -2.38. The van der Waals surface area contributed by atoms with E-state index >= 15 is 0 Å². The van der Waals surface area contributed by atoms with Crippen molar-refractivity contribution in [2.24, 2.45) is 10.9 Å². The number of ketones is 1. The summed E-state index contributed by atoms with van der Waals surface area (Å²) in [7, 11) is 4.79. The summed E-state index contributed by atoms with van der Waals surface area (Å²) in [6, 6.07) is 13.3. The summed E-state index contributed by atoms with van der Waals surface area (Å²) in [4.78, 5) is 32.0. The molecular weight excluding hydrogens is 470 g/mol. The summed E-state index contributed by atoms with van der Waals surface area (Å²) < 4.78 is 22.2. The van der Waals surface area contributed by atoms with Crippen LogP contribution in [0.2, 0.25) is 0 Å². The van der Waals surface area contributed by atoms with Crippen molar-refractivity contribution >= 4 is 17.5 Å². The number of benzene rings is 2. The van der Waals surface area contributed by atoms with Gasteiger partial charge in [0.1, 0.15) is 11.7 Å². The Hall–Kier alpha value is -3.61. The third-order valence-corrected chi connectivity index (χ3v) is 7.24. The van der Waals surface area contributed by atoms with E-state index in [0.29, 0.717) is 48.0 Å². The van der Waals surface area contributed by atoms with Crippen LogP contribution in [0.1, 0.15) is 62.5 Å². The topological polar surface area (TPSA) is 83.4 Å². The van der Waals surface area contributed by atoms with E-state index in [1.54, 1.807) is 21.3 Å². The van der Waals surface area contributed by atoms with Crippen molar-refractivity contribution in [2.45, 2.75) is 51.4 Å². The SMILES string of the molecule is CCCCOC(=O)C1C(C)=NC2=C(C(=O)C[C@@H](c3ccc(OC)c(OC)c3)C2)[C@H]1c1ccccc1OC. The molecule has 7 nitrogen and oxygen atoms in total. The summed E-state index contributed by atoms with van der Waals surface area (Å²) in [5.41, 5.74) is 3.74. The minimum absolute atomic E-state index is 0.0143. The average Bonchev–Trinajstić information content (AvgIpc) is 2.91. The highest BCUT2D eigenvalue weighted by atomic mass is 16.5. The molecule has 37 heavy (non-hydrogen) atoms. The predicted molar refractivity (Wildman–Crippen MR) is 142 cm³/mol. The minimum atomic E-state index is -0.687. The highest BCUT2D eigenvalue weighted by Crippen LogP contribution is 2.49. The number of methoxy groups -OCH3 is 3. The molecule has 2 aliphatic rings. The number of hydrogen-bond acceptors (Lipinski definition) is 7. The fourth-order valence-corrected chi connectivity index (χ4v) is 5.37. The Bertz CT molecular complexity index is 1230. The second kappa shape index (κ2) is 11.6. The Morgan fingerprint density at radius 3 is 2.41 bits per heavy atom. The monoisotopic (exact) mass is 505 g/mol. The first-order valence-corrected chi connectivity index (χ1v) is 12.8. The van der Waals surface area contributed by atoms with Crippen LogP contribution < -0.4 is 14.2 Å². The van der Waals surface area contributed by atoms with Crippen LogP contribution in [0.3, 0.4) is 0 Å². The van der Waals surface area contributed by atoms with Gasteiger partial charge in [-0.3, -0.25) is 14.6 Å². The first-order chi connectivity index (χ1) is 17.9. The average molecular weight is 506 g/mol. The molecule has 0 saturated heterocycles. The van der Waals surface area contributed by atoms with Gasteiger partial charge in [-0.05, 0) is 49.4 Å². The van der Waals surface area contributed by atoms with Gasteiger partial charge in [0.05, 0.1) is 27.9 Å².